The van der Waals surface area contributed by atoms with E-state index >= 15 is 0 Å². The maximum atomic E-state index is 11.8. The second-order valence-electron chi connectivity index (χ2n) is 11.4. The van der Waals surface area contributed by atoms with E-state index in [0.717, 1.165) is 37.5 Å². The van der Waals surface area contributed by atoms with E-state index in [9.17, 15) is 8.42 Å². The SMILES string of the molecule is C[C@@]1(C2CC3CCCC(C3)C2)OO[C@]2(CC[C@@H](c3ccc(OCCS(=O)(=O)CCN)cc3)CC2)O1. The zero-order chi connectivity index (χ0) is 24.5. The molecule has 1 spiro atoms. The highest BCUT2D eigenvalue weighted by atomic mass is 32.2. The van der Waals surface area contributed by atoms with E-state index in [2.05, 4.69) is 19.1 Å². The van der Waals surface area contributed by atoms with Crippen molar-refractivity contribution < 1.29 is 27.7 Å². The minimum absolute atomic E-state index is 0.00220. The summed E-state index contributed by atoms with van der Waals surface area (Å²) in [6.07, 6.45) is 11.5. The molecule has 2 bridgehead atoms. The zero-order valence-corrected chi connectivity index (χ0v) is 21.8. The summed E-state index contributed by atoms with van der Waals surface area (Å²) in [7, 11) is -3.14. The van der Waals surface area contributed by atoms with E-state index in [1.165, 1.54) is 44.1 Å². The van der Waals surface area contributed by atoms with Gasteiger partial charge in [-0.15, -0.1) is 0 Å². The number of hydrogen-bond donors (Lipinski definition) is 1. The Bertz CT molecular complexity index is 946. The van der Waals surface area contributed by atoms with Gasteiger partial charge < -0.3 is 15.2 Å². The Kier molecular flexibility index (Phi) is 7.48. The van der Waals surface area contributed by atoms with Crippen LogP contribution in [0.2, 0.25) is 0 Å². The quantitative estimate of drug-likeness (QED) is 0.509. The number of fused-ring (bicyclic) bond motifs is 2. The third-order valence-corrected chi connectivity index (χ3v) is 10.5. The molecule has 35 heavy (non-hydrogen) atoms. The first-order chi connectivity index (χ1) is 16.8. The Balaban J connectivity index is 1.11. The number of hydrogen-bond acceptors (Lipinski definition) is 7. The van der Waals surface area contributed by atoms with Gasteiger partial charge >= 0.3 is 0 Å². The van der Waals surface area contributed by atoms with Gasteiger partial charge in [-0.05, 0) is 74.5 Å². The largest absolute Gasteiger partial charge is 0.493 e. The third-order valence-electron chi connectivity index (χ3n) is 8.81. The molecule has 0 radical (unpaired) electrons. The van der Waals surface area contributed by atoms with Crippen LogP contribution in [0.5, 0.6) is 5.75 Å². The normalized spacial score (nSPS) is 37.4. The summed E-state index contributed by atoms with van der Waals surface area (Å²) in [6.45, 7) is 2.38. The van der Waals surface area contributed by atoms with E-state index < -0.39 is 21.4 Å². The fraction of sp³-hybridized carbons (Fsp3) is 0.778. The molecule has 7 nitrogen and oxygen atoms in total. The molecule has 1 heterocycles. The Labute approximate surface area is 209 Å². The number of benzene rings is 1. The molecule has 1 aliphatic heterocycles. The van der Waals surface area contributed by atoms with Gasteiger partial charge in [0.25, 0.3) is 0 Å². The maximum absolute atomic E-state index is 11.8. The molecule has 1 saturated heterocycles. The van der Waals surface area contributed by atoms with Gasteiger partial charge in [0.2, 0.25) is 11.6 Å². The summed E-state index contributed by atoms with van der Waals surface area (Å²) in [5.74, 6) is 1.94. The van der Waals surface area contributed by atoms with Crippen LogP contribution in [0.4, 0.5) is 0 Å². The summed E-state index contributed by atoms with van der Waals surface area (Å²) in [4.78, 5) is 11.9. The molecule has 0 aromatic heterocycles. The van der Waals surface area contributed by atoms with Gasteiger partial charge in [0.05, 0.1) is 11.5 Å². The van der Waals surface area contributed by atoms with E-state index in [0.29, 0.717) is 17.6 Å². The lowest BCUT2D eigenvalue weighted by molar-refractivity contribution is -0.361. The number of nitrogens with two attached hydrogens (primary N) is 1. The molecule has 196 valence electrons. The predicted molar refractivity (Wildman–Crippen MR) is 133 cm³/mol. The topological polar surface area (TPSA) is 97.1 Å². The fourth-order valence-electron chi connectivity index (χ4n) is 6.85. The highest BCUT2D eigenvalue weighted by Crippen LogP contribution is 2.53. The second-order valence-corrected chi connectivity index (χ2v) is 13.7. The summed E-state index contributed by atoms with van der Waals surface area (Å²) >= 11 is 0. The Hall–Kier alpha value is -1.19. The first-order valence-electron chi connectivity index (χ1n) is 13.5. The van der Waals surface area contributed by atoms with Crippen LogP contribution in [0.25, 0.3) is 0 Å². The molecule has 4 aliphatic rings. The highest BCUT2D eigenvalue weighted by molar-refractivity contribution is 7.91. The van der Waals surface area contributed by atoms with E-state index in [1.54, 1.807) is 0 Å². The van der Waals surface area contributed by atoms with Crippen LogP contribution in [0.3, 0.4) is 0 Å². The van der Waals surface area contributed by atoms with Crippen molar-refractivity contribution in [2.75, 3.05) is 24.7 Å². The lowest BCUT2D eigenvalue weighted by Gasteiger charge is -2.44. The van der Waals surface area contributed by atoms with Gasteiger partial charge in [0.1, 0.15) is 12.4 Å². The Morgan fingerprint density at radius 2 is 1.66 bits per heavy atom. The standard InChI is InChI=1S/C27H41NO6S/c1-26(24-18-20-3-2-4-21(17-20)19-24)32-27(34-33-26)11-9-23(10-12-27)22-5-7-25(8-6-22)31-14-16-35(29,30)15-13-28/h5-8,20-21,23-24H,2-4,9-19,28H2,1H3/t20?,21?,23-,24?,26-,27+/m0/s1. The second kappa shape index (κ2) is 10.3. The molecule has 8 heteroatoms. The highest BCUT2D eigenvalue weighted by Gasteiger charge is 2.56. The van der Waals surface area contributed by atoms with Crippen molar-refractivity contribution in [2.45, 2.75) is 88.6 Å². The van der Waals surface area contributed by atoms with Crippen LogP contribution in [0.15, 0.2) is 24.3 Å². The van der Waals surface area contributed by atoms with Crippen molar-refractivity contribution in [3.63, 3.8) is 0 Å². The molecule has 2 N–H and O–H groups in total. The van der Waals surface area contributed by atoms with Crippen LogP contribution >= 0.6 is 0 Å². The van der Waals surface area contributed by atoms with Crippen LogP contribution in [0.1, 0.15) is 82.6 Å². The predicted octanol–water partition coefficient (Wildman–Crippen LogP) is 4.70. The van der Waals surface area contributed by atoms with Gasteiger partial charge in [-0.2, -0.15) is 9.78 Å². The molecule has 3 saturated carbocycles. The summed E-state index contributed by atoms with van der Waals surface area (Å²) in [5, 5.41) is 0. The summed E-state index contributed by atoms with van der Waals surface area (Å²) in [6, 6.07) is 8.03. The van der Waals surface area contributed by atoms with Gasteiger partial charge in [-0.25, -0.2) is 8.42 Å². The number of sulfone groups is 1. The van der Waals surface area contributed by atoms with Crippen LogP contribution in [-0.4, -0.2) is 44.6 Å². The van der Waals surface area contributed by atoms with E-state index in [4.69, 9.17) is 25.0 Å². The molecule has 1 aromatic carbocycles. The molecule has 3 atom stereocenters. The van der Waals surface area contributed by atoms with Crippen molar-refractivity contribution in [3.05, 3.63) is 29.8 Å². The fourth-order valence-corrected chi connectivity index (χ4v) is 7.75. The van der Waals surface area contributed by atoms with Crippen LogP contribution in [0, 0.1) is 17.8 Å². The van der Waals surface area contributed by atoms with Crippen molar-refractivity contribution in [3.8, 4) is 5.75 Å². The van der Waals surface area contributed by atoms with E-state index in [1.807, 2.05) is 12.1 Å². The van der Waals surface area contributed by atoms with Crippen LogP contribution < -0.4 is 10.5 Å². The van der Waals surface area contributed by atoms with Crippen molar-refractivity contribution in [2.24, 2.45) is 23.5 Å². The third kappa shape index (κ3) is 5.87. The average molecular weight is 508 g/mol. The zero-order valence-electron chi connectivity index (χ0n) is 21.0. The number of rotatable bonds is 8. The Morgan fingerprint density at radius 1 is 0.971 bits per heavy atom. The van der Waals surface area contributed by atoms with Gasteiger partial charge in [0.15, 0.2) is 9.84 Å². The average Bonchev–Trinajstić information content (AvgIpc) is 3.17. The lowest BCUT2D eigenvalue weighted by Crippen LogP contribution is -2.45. The molecule has 3 aliphatic carbocycles. The molecular formula is C27H41NO6S. The molecular weight excluding hydrogens is 466 g/mol. The summed E-state index contributed by atoms with van der Waals surface area (Å²) < 4.78 is 35.8. The van der Waals surface area contributed by atoms with Crippen molar-refractivity contribution >= 4 is 9.84 Å². The molecule has 0 amide bonds. The van der Waals surface area contributed by atoms with Gasteiger partial charge in [0, 0.05) is 25.3 Å². The first kappa shape index (κ1) is 25.5. The minimum atomic E-state index is -3.14. The molecule has 4 fully saturated rings. The maximum Gasteiger partial charge on any atom is 0.204 e. The van der Waals surface area contributed by atoms with Crippen LogP contribution in [-0.2, 0) is 24.3 Å². The Morgan fingerprint density at radius 3 is 2.31 bits per heavy atom. The van der Waals surface area contributed by atoms with Gasteiger partial charge in [-0.3, -0.25) is 0 Å². The van der Waals surface area contributed by atoms with E-state index in [-0.39, 0.29) is 24.7 Å². The monoisotopic (exact) mass is 507 g/mol. The first-order valence-corrected chi connectivity index (χ1v) is 15.3. The van der Waals surface area contributed by atoms with Gasteiger partial charge in [-0.1, -0.05) is 31.4 Å². The molecule has 1 aromatic rings. The van der Waals surface area contributed by atoms with Crippen molar-refractivity contribution in [1.82, 2.24) is 0 Å². The molecule has 2 unspecified atom stereocenters. The molecule has 5 rings (SSSR count). The lowest BCUT2D eigenvalue weighted by atomic mass is 9.66. The smallest absolute Gasteiger partial charge is 0.204 e. The summed E-state index contributed by atoms with van der Waals surface area (Å²) in [5.41, 5.74) is 6.61. The minimum Gasteiger partial charge on any atom is -0.493 e. The number of ether oxygens (including phenoxy) is 2. The van der Waals surface area contributed by atoms with Crippen molar-refractivity contribution in [1.29, 1.82) is 0 Å².